The van der Waals surface area contributed by atoms with Gasteiger partial charge in [0.25, 0.3) is 0 Å². The Balaban J connectivity index is 1.68. The first-order chi connectivity index (χ1) is 11.8. The molecule has 1 aromatic heterocycles. The zero-order valence-corrected chi connectivity index (χ0v) is 13.7. The summed E-state index contributed by atoms with van der Waals surface area (Å²) < 4.78 is 4.97. The first-order valence-electron chi connectivity index (χ1n) is 8.25. The summed E-state index contributed by atoms with van der Waals surface area (Å²) in [5.74, 6) is 0.964. The number of nitrogens with zero attached hydrogens (tertiary/aromatic N) is 4. The normalized spacial score (nSPS) is 14.3. The Morgan fingerprint density at radius 3 is 2.67 bits per heavy atom. The highest BCUT2D eigenvalue weighted by Gasteiger charge is 2.13. The average molecular weight is 327 g/mol. The van der Waals surface area contributed by atoms with Crippen LogP contribution in [-0.4, -0.2) is 40.8 Å². The number of carbonyl (C=O) groups excluding carboxylic acids is 1. The summed E-state index contributed by atoms with van der Waals surface area (Å²) in [6.45, 7) is 4.16. The fourth-order valence-corrected chi connectivity index (χ4v) is 2.66. The summed E-state index contributed by atoms with van der Waals surface area (Å²) in [6, 6.07) is 7.01. The van der Waals surface area contributed by atoms with Crippen LogP contribution in [0.1, 0.15) is 36.5 Å². The molecule has 0 atom stereocenters. The van der Waals surface area contributed by atoms with E-state index in [9.17, 15) is 4.79 Å². The molecule has 24 heavy (non-hydrogen) atoms. The van der Waals surface area contributed by atoms with E-state index in [4.69, 9.17) is 4.74 Å². The van der Waals surface area contributed by atoms with E-state index >= 15 is 0 Å². The predicted octanol–water partition coefficient (Wildman–Crippen LogP) is 2.78. The molecule has 0 unspecified atom stereocenters. The number of carbonyl (C=O) groups is 1. The Hall–Kier alpha value is -2.70. The van der Waals surface area contributed by atoms with Gasteiger partial charge in [0.1, 0.15) is 0 Å². The summed E-state index contributed by atoms with van der Waals surface area (Å²) in [5, 5.41) is 11.2. The third kappa shape index (κ3) is 3.98. The lowest BCUT2D eigenvalue weighted by molar-refractivity contribution is 0.0526. The number of esters is 1. The van der Waals surface area contributed by atoms with Crippen molar-refractivity contribution in [1.29, 1.82) is 0 Å². The molecule has 126 valence electrons. The number of piperidine rings is 1. The van der Waals surface area contributed by atoms with Gasteiger partial charge in [-0.15, -0.1) is 5.10 Å². The van der Waals surface area contributed by atoms with E-state index < -0.39 is 0 Å². The molecule has 0 amide bonds. The van der Waals surface area contributed by atoms with Crippen LogP contribution in [0.3, 0.4) is 0 Å². The Kier molecular flexibility index (Phi) is 5.20. The molecule has 3 rings (SSSR count). The van der Waals surface area contributed by atoms with Crippen LogP contribution in [0, 0.1) is 0 Å². The fourth-order valence-electron chi connectivity index (χ4n) is 2.66. The van der Waals surface area contributed by atoms with Gasteiger partial charge in [-0.25, -0.2) is 4.79 Å². The zero-order chi connectivity index (χ0) is 16.8. The van der Waals surface area contributed by atoms with Crippen molar-refractivity contribution in [1.82, 2.24) is 15.2 Å². The van der Waals surface area contributed by atoms with Crippen LogP contribution in [0.2, 0.25) is 0 Å². The Bertz CT molecular complexity index is 684. The van der Waals surface area contributed by atoms with Crippen molar-refractivity contribution in [2.24, 2.45) is 0 Å². The lowest BCUT2D eigenvalue weighted by Crippen LogP contribution is -2.30. The second-order valence-electron chi connectivity index (χ2n) is 5.61. The van der Waals surface area contributed by atoms with Gasteiger partial charge in [-0.1, -0.05) is 0 Å². The highest BCUT2D eigenvalue weighted by atomic mass is 16.5. The third-order valence-corrected chi connectivity index (χ3v) is 3.88. The molecule has 1 N–H and O–H groups in total. The van der Waals surface area contributed by atoms with E-state index in [1.807, 2.05) is 0 Å². The molecule has 0 saturated carbocycles. The molecule has 1 fully saturated rings. The van der Waals surface area contributed by atoms with Crippen molar-refractivity contribution in [3.63, 3.8) is 0 Å². The van der Waals surface area contributed by atoms with Crippen LogP contribution in [0.5, 0.6) is 0 Å². The minimum absolute atomic E-state index is 0.325. The number of aromatic nitrogens is 3. The molecule has 1 aliphatic rings. The molecule has 1 aromatic carbocycles. The topological polar surface area (TPSA) is 80.2 Å². The van der Waals surface area contributed by atoms with Crippen molar-refractivity contribution < 1.29 is 9.53 Å². The average Bonchev–Trinajstić information content (AvgIpc) is 2.63. The van der Waals surface area contributed by atoms with Gasteiger partial charge in [0.05, 0.1) is 18.4 Å². The Morgan fingerprint density at radius 1 is 1.21 bits per heavy atom. The third-order valence-electron chi connectivity index (χ3n) is 3.88. The van der Waals surface area contributed by atoms with Crippen LogP contribution in [-0.2, 0) is 4.74 Å². The summed E-state index contributed by atoms with van der Waals surface area (Å²) in [7, 11) is 0. The van der Waals surface area contributed by atoms with Gasteiger partial charge in [0.2, 0.25) is 5.95 Å². The van der Waals surface area contributed by atoms with Crippen molar-refractivity contribution in [3.8, 4) is 0 Å². The Morgan fingerprint density at radius 2 is 1.96 bits per heavy atom. The van der Waals surface area contributed by atoms with E-state index in [0.29, 0.717) is 18.1 Å². The quantitative estimate of drug-likeness (QED) is 0.846. The largest absolute Gasteiger partial charge is 0.462 e. The number of nitrogens with one attached hydrogen (secondary N) is 1. The van der Waals surface area contributed by atoms with Gasteiger partial charge < -0.3 is 15.0 Å². The monoisotopic (exact) mass is 327 g/mol. The van der Waals surface area contributed by atoms with Crippen LogP contribution in [0.25, 0.3) is 0 Å². The van der Waals surface area contributed by atoms with Gasteiger partial charge >= 0.3 is 5.97 Å². The molecule has 1 saturated heterocycles. The summed E-state index contributed by atoms with van der Waals surface area (Å²) in [4.78, 5) is 18.4. The SMILES string of the molecule is CCOC(=O)c1ccc(Nc2nncc(N3CCCCC3)n2)cc1. The van der Waals surface area contributed by atoms with Crippen molar-refractivity contribution in [2.45, 2.75) is 26.2 Å². The van der Waals surface area contributed by atoms with Gasteiger partial charge in [-0.2, -0.15) is 10.1 Å². The van der Waals surface area contributed by atoms with Crippen molar-refractivity contribution in [3.05, 3.63) is 36.0 Å². The molecule has 0 radical (unpaired) electrons. The van der Waals surface area contributed by atoms with Crippen molar-refractivity contribution in [2.75, 3.05) is 29.9 Å². The molecule has 0 aliphatic carbocycles. The standard InChI is InChI=1S/C17H21N5O2/c1-2-24-16(23)13-6-8-14(9-7-13)19-17-20-15(12-18-21-17)22-10-4-3-5-11-22/h6-9,12H,2-5,10-11H2,1H3,(H,19,20,21). The summed E-state index contributed by atoms with van der Waals surface area (Å²) >= 11 is 0. The molecule has 7 nitrogen and oxygen atoms in total. The van der Waals surface area contributed by atoms with E-state index in [1.54, 1.807) is 37.4 Å². The lowest BCUT2D eigenvalue weighted by atomic mass is 10.1. The number of benzene rings is 1. The van der Waals surface area contributed by atoms with Gasteiger partial charge in [-0.3, -0.25) is 0 Å². The second kappa shape index (κ2) is 7.72. The molecule has 2 aromatic rings. The van der Waals surface area contributed by atoms with E-state index in [0.717, 1.165) is 24.6 Å². The van der Waals surface area contributed by atoms with Crippen LogP contribution >= 0.6 is 0 Å². The second-order valence-corrected chi connectivity index (χ2v) is 5.61. The number of ether oxygens (including phenoxy) is 1. The van der Waals surface area contributed by atoms with Gasteiger partial charge in [-0.05, 0) is 50.5 Å². The highest BCUT2D eigenvalue weighted by Crippen LogP contribution is 2.19. The van der Waals surface area contributed by atoms with Gasteiger partial charge in [0, 0.05) is 18.8 Å². The first-order valence-corrected chi connectivity index (χ1v) is 8.25. The zero-order valence-electron chi connectivity index (χ0n) is 13.7. The number of hydrogen-bond donors (Lipinski definition) is 1. The maximum Gasteiger partial charge on any atom is 0.338 e. The smallest absolute Gasteiger partial charge is 0.338 e. The minimum atomic E-state index is -0.325. The molecule has 0 bridgehead atoms. The van der Waals surface area contributed by atoms with E-state index in [1.165, 1.54) is 19.3 Å². The van der Waals surface area contributed by atoms with Crippen LogP contribution in [0.4, 0.5) is 17.5 Å². The Labute approximate surface area is 141 Å². The van der Waals surface area contributed by atoms with Gasteiger partial charge in [0.15, 0.2) is 5.82 Å². The molecule has 2 heterocycles. The van der Waals surface area contributed by atoms with Crippen LogP contribution in [0.15, 0.2) is 30.5 Å². The first kappa shape index (κ1) is 16.2. The summed E-state index contributed by atoms with van der Waals surface area (Å²) in [5.41, 5.74) is 1.31. The highest BCUT2D eigenvalue weighted by molar-refractivity contribution is 5.89. The summed E-state index contributed by atoms with van der Waals surface area (Å²) in [6.07, 6.45) is 5.33. The molecular weight excluding hydrogens is 306 g/mol. The minimum Gasteiger partial charge on any atom is -0.462 e. The number of hydrogen-bond acceptors (Lipinski definition) is 7. The fraction of sp³-hybridized carbons (Fsp3) is 0.412. The number of anilines is 3. The van der Waals surface area contributed by atoms with Crippen molar-refractivity contribution >= 4 is 23.4 Å². The predicted molar refractivity (Wildman–Crippen MR) is 91.6 cm³/mol. The molecular formula is C17H21N5O2. The molecule has 0 spiro atoms. The van der Waals surface area contributed by atoms with Crippen LogP contribution < -0.4 is 10.2 Å². The lowest BCUT2D eigenvalue weighted by Gasteiger charge is -2.27. The number of rotatable bonds is 5. The molecule has 7 heteroatoms. The molecule has 1 aliphatic heterocycles. The maximum atomic E-state index is 11.7. The van der Waals surface area contributed by atoms with E-state index in [-0.39, 0.29) is 5.97 Å². The maximum absolute atomic E-state index is 11.7. The van der Waals surface area contributed by atoms with E-state index in [2.05, 4.69) is 25.4 Å².